The number of hydrogen-bond acceptors (Lipinski definition) is 3. The third kappa shape index (κ3) is 7.25. The summed E-state index contributed by atoms with van der Waals surface area (Å²) in [4.78, 5) is 14.3. The Morgan fingerprint density at radius 3 is 2.33 bits per heavy atom. The molecule has 0 atom stereocenters. The van der Waals surface area contributed by atoms with E-state index in [-0.39, 0.29) is 12.1 Å². The number of halogens is 1. The molecule has 4 nitrogen and oxygen atoms in total. The van der Waals surface area contributed by atoms with Crippen LogP contribution in [0.1, 0.15) is 45.7 Å². The molecule has 0 radical (unpaired) electrons. The highest BCUT2D eigenvalue weighted by Gasteiger charge is 2.24. The van der Waals surface area contributed by atoms with Crippen LogP contribution in [-0.2, 0) is 17.9 Å². The Bertz CT molecular complexity index is 754. The number of hydrogen-bond donors (Lipinski definition) is 0. The average molecular weight is 434 g/mol. The lowest BCUT2D eigenvalue weighted by Crippen LogP contribution is -2.40. The predicted molar refractivity (Wildman–Crippen MR) is 112 cm³/mol. The Morgan fingerprint density at radius 2 is 1.74 bits per heavy atom. The van der Waals surface area contributed by atoms with Crippen molar-refractivity contribution < 1.29 is 14.3 Å². The maximum atomic E-state index is 12.5. The van der Waals surface area contributed by atoms with Gasteiger partial charge in [0.2, 0.25) is 0 Å². The highest BCUT2D eigenvalue weighted by molar-refractivity contribution is 9.10. The van der Waals surface area contributed by atoms with Crippen LogP contribution in [0.3, 0.4) is 0 Å². The van der Waals surface area contributed by atoms with Crippen molar-refractivity contribution in [3.8, 4) is 5.75 Å². The molecule has 0 N–H and O–H groups in total. The van der Waals surface area contributed by atoms with Gasteiger partial charge in [0.25, 0.3) is 0 Å². The number of rotatable bonds is 6. The second kappa shape index (κ2) is 9.27. The van der Waals surface area contributed by atoms with Crippen LogP contribution in [0.15, 0.2) is 53.0 Å². The van der Waals surface area contributed by atoms with E-state index in [1.54, 1.807) is 4.90 Å². The maximum absolute atomic E-state index is 12.5. The van der Waals surface area contributed by atoms with Gasteiger partial charge in [-0.3, -0.25) is 0 Å². The second-order valence-corrected chi connectivity index (χ2v) is 8.69. The van der Waals surface area contributed by atoms with Gasteiger partial charge in [-0.25, -0.2) is 4.79 Å². The molecule has 0 aromatic heterocycles. The summed E-state index contributed by atoms with van der Waals surface area (Å²) in [6, 6.07) is 15.9. The summed E-state index contributed by atoms with van der Waals surface area (Å²) < 4.78 is 12.4. The largest absolute Gasteiger partial charge is 0.489 e. The molecule has 0 fully saturated rings. The van der Waals surface area contributed by atoms with Crippen LogP contribution in [0.5, 0.6) is 5.75 Å². The van der Waals surface area contributed by atoms with Crippen molar-refractivity contribution in [1.82, 2.24) is 4.90 Å². The molecule has 0 unspecified atom stereocenters. The molecule has 0 aliphatic carbocycles. The molecule has 0 aliphatic rings. The number of carbonyl (C=O) groups excluding carboxylic acids is 1. The molecule has 146 valence electrons. The highest BCUT2D eigenvalue weighted by atomic mass is 79.9. The molecule has 1 amide bonds. The van der Waals surface area contributed by atoms with Gasteiger partial charge >= 0.3 is 6.09 Å². The first-order valence-corrected chi connectivity index (χ1v) is 9.89. The molecule has 0 bridgehead atoms. The van der Waals surface area contributed by atoms with Gasteiger partial charge in [0.05, 0.1) is 0 Å². The normalized spacial score (nSPS) is 11.4. The van der Waals surface area contributed by atoms with Crippen molar-refractivity contribution in [3.63, 3.8) is 0 Å². The van der Waals surface area contributed by atoms with E-state index < -0.39 is 5.60 Å². The number of nitrogens with zero attached hydrogens (tertiary/aromatic N) is 1. The third-order valence-corrected chi connectivity index (χ3v) is 4.24. The van der Waals surface area contributed by atoms with E-state index in [9.17, 15) is 4.79 Å². The summed E-state index contributed by atoms with van der Waals surface area (Å²) in [5.74, 6) is 0.760. The molecule has 2 aromatic carbocycles. The molecule has 0 aliphatic heterocycles. The first-order chi connectivity index (χ1) is 12.6. The first kappa shape index (κ1) is 21.3. The summed E-state index contributed by atoms with van der Waals surface area (Å²) in [5.41, 5.74) is 1.56. The fourth-order valence-electron chi connectivity index (χ4n) is 2.51. The lowest BCUT2D eigenvalue weighted by Gasteiger charge is -2.30. The van der Waals surface area contributed by atoms with Gasteiger partial charge in [-0.15, -0.1) is 0 Å². The van der Waals surface area contributed by atoms with Crippen molar-refractivity contribution in [2.45, 2.75) is 59.4 Å². The molecule has 27 heavy (non-hydrogen) atoms. The molecule has 0 saturated carbocycles. The Kier molecular flexibility index (Phi) is 7.31. The number of benzene rings is 2. The molecule has 2 rings (SSSR count). The molecule has 0 saturated heterocycles. The zero-order valence-corrected chi connectivity index (χ0v) is 18.2. The summed E-state index contributed by atoms with van der Waals surface area (Å²) >= 11 is 3.54. The van der Waals surface area contributed by atoms with Gasteiger partial charge in [-0.2, -0.15) is 0 Å². The highest BCUT2D eigenvalue weighted by Crippen LogP contribution is 2.24. The fourth-order valence-corrected chi connectivity index (χ4v) is 3.03. The Balaban J connectivity index is 2.12. The van der Waals surface area contributed by atoms with Gasteiger partial charge in [-0.05, 0) is 63.9 Å². The smallest absolute Gasteiger partial charge is 0.410 e. The van der Waals surface area contributed by atoms with Crippen LogP contribution in [0.4, 0.5) is 4.79 Å². The summed E-state index contributed by atoms with van der Waals surface area (Å²) in [5, 5.41) is 0. The first-order valence-electron chi connectivity index (χ1n) is 9.10. The van der Waals surface area contributed by atoms with Crippen LogP contribution in [0, 0.1) is 0 Å². The average Bonchev–Trinajstić information content (AvgIpc) is 2.56. The molecule has 5 heteroatoms. The number of amides is 1. The van der Waals surface area contributed by atoms with Crippen molar-refractivity contribution >= 4 is 22.0 Å². The minimum absolute atomic E-state index is 0.0209. The van der Waals surface area contributed by atoms with Gasteiger partial charge in [-0.1, -0.05) is 46.3 Å². The minimum atomic E-state index is -0.522. The lowest BCUT2D eigenvalue weighted by molar-refractivity contribution is 0.0171. The van der Waals surface area contributed by atoms with Crippen molar-refractivity contribution in [2.24, 2.45) is 0 Å². The van der Waals surface area contributed by atoms with E-state index >= 15 is 0 Å². The van der Waals surface area contributed by atoms with E-state index in [1.165, 1.54) is 0 Å². The van der Waals surface area contributed by atoms with E-state index in [0.29, 0.717) is 13.2 Å². The number of carbonyl (C=O) groups is 1. The Hall–Kier alpha value is -2.01. The summed E-state index contributed by atoms with van der Waals surface area (Å²) in [6.45, 7) is 10.5. The standard InChI is InChI=1S/C22H28BrNO3/c1-16(2)24(21(25)27-22(3,4)5)14-18-11-19(23)13-20(12-18)26-15-17-9-7-6-8-10-17/h6-13,16H,14-15H2,1-5H3. The molecule has 0 heterocycles. The maximum Gasteiger partial charge on any atom is 0.410 e. The molecule has 2 aromatic rings. The van der Waals surface area contributed by atoms with Gasteiger partial charge in [0.15, 0.2) is 0 Å². The van der Waals surface area contributed by atoms with Crippen LogP contribution < -0.4 is 4.74 Å². The molecular weight excluding hydrogens is 406 g/mol. The molecule has 0 spiro atoms. The van der Waals surface area contributed by atoms with Crippen LogP contribution in [0.25, 0.3) is 0 Å². The van der Waals surface area contributed by atoms with E-state index in [0.717, 1.165) is 21.3 Å². The quantitative estimate of drug-likeness (QED) is 0.546. The monoisotopic (exact) mass is 433 g/mol. The third-order valence-electron chi connectivity index (χ3n) is 3.78. The van der Waals surface area contributed by atoms with E-state index in [1.807, 2.05) is 83.1 Å². The zero-order chi connectivity index (χ0) is 20.0. The van der Waals surface area contributed by atoms with Gasteiger partial charge < -0.3 is 14.4 Å². The number of ether oxygens (including phenoxy) is 2. The van der Waals surface area contributed by atoms with Crippen LogP contribution in [0.2, 0.25) is 0 Å². The predicted octanol–water partition coefficient (Wildman–Crippen LogP) is 6.17. The summed E-state index contributed by atoms with van der Waals surface area (Å²) in [6.07, 6.45) is -0.316. The van der Waals surface area contributed by atoms with E-state index in [4.69, 9.17) is 9.47 Å². The topological polar surface area (TPSA) is 38.8 Å². The summed E-state index contributed by atoms with van der Waals surface area (Å²) in [7, 11) is 0. The van der Waals surface area contributed by atoms with Crippen molar-refractivity contribution in [2.75, 3.05) is 0 Å². The Labute approximate surface area is 170 Å². The second-order valence-electron chi connectivity index (χ2n) is 7.77. The van der Waals surface area contributed by atoms with Crippen LogP contribution >= 0.6 is 15.9 Å². The zero-order valence-electron chi connectivity index (χ0n) is 16.7. The van der Waals surface area contributed by atoms with Gasteiger partial charge in [0, 0.05) is 17.1 Å². The van der Waals surface area contributed by atoms with Crippen molar-refractivity contribution in [3.05, 3.63) is 64.1 Å². The molecular formula is C22H28BrNO3. The van der Waals surface area contributed by atoms with Crippen LogP contribution in [-0.4, -0.2) is 22.6 Å². The fraction of sp³-hybridized carbons (Fsp3) is 0.409. The minimum Gasteiger partial charge on any atom is -0.489 e. The Morgan fingerprint density at radius 1 is 1.07 bits per heavy atom. The SMILES string of the molecule is CC(C)N(Cc1cc(Br)cc(OCc2ccccc2)c1)C(=O)OC(C)(C)C. The van der Waals surface area contributed by atoms with E-state index in [2.05, 4.69) is 15.9 Å². The van der Waals surface area contributed by atoms with Crippen molar-refractivity contribution in [1.29, 1.82) is 0 Å². The van der Waals surface area contributed by atoms with Gasteiger partial charge in [0.1, 0.15) is 18.0 Å². The lowest BCUT2D eigenvalue weighted by atomic mass is 10.1.